The zero-order chi connectivity index (χ0) is 20.9. The summed E-state index contributed by atoms with van der Waals surface area (Å²) in [6.07, 6.45) is 3.92. The Balaban J connectivity index is 1.50. The maximum Gasteiger partial charge on any atom is 0.265 e. The number of anilines is 1. The van der Waals surface area contributed by atoms with E-state index in [1.54, 1.807) is 29.1 Å². The number of nitrogens with zero attached hydrogens (tertiary/aromatic N) is 6. The molecule has 3 heterocycles. The topological polar surface area (TPSA) is 127 Å². The molecule has 4 N–H and O–H groups in total. The SMILES string of the molecule is Nc1nc(-c2cn(Cc3cccc(C4(O)CCC4)[n+]3O)nn2)c2cccc(Cl)c2n1. The number of aromatic nitrogens is 6. The molecule has 0 saturated heterocycles. The van der Waals surface area contributed by atoms with Crippen molar-refractivity contribution in [1.82, 2.24) is 25.0 Å². The molecule has 0 radical (unpaired) electrons. The number of nitrogen functional groups attached to an aromatic ring is 1. The van der Waals surface area contributed by atoms with Crippen molar-refractivity contribution in [1.29, 1.82) is 0 Å². The maximum atomic E-state index is 10.6. The van der Waals surface area contributed by atoms with Gasteiger partial charge in [0.05, 0.1) is 16.7 Å². The summed E-state index contributed by atoms with van der Waals surface area (Å²) in [5.41, 5.74) is 7.52. The Kier molecular flexibility index (Phi) is 4.30. The van der Waals surface area contributed by atoms with Crippen LogP contribution in [0.1, 0.15) is 30.7 Å². The maximum absolute atomic E-state index is 10.6. The van der Waals surface area contributed by atoms with Crippen molar-refractivity contribution in [3.05, 3.63) is 59.0 Å². The standard InChI is InChI=1S/C20H19ClN7O2/c21-14-6-2-5-13-17(14)23-19(22)24-18(13)15-11-27(26-25-15)10-12-4-1-7-16(28(12)30)20(29)8-3-9-20/h1-2,4-7,11,29-30H,3,8-10H2,(H2,22,23,24)/q+1. The van der Waals surface area contributed by atoms with Gasteiger partial charge in [-0.2, -0.15) is 0 Å². The normalized spacial score (nSPS) is 15.3. The second-order valence-electron chi connectivity index (χ2n) is 7.47. The first-order chi connectivity index (χ1) is 14.4. The van der Waals surface area contributed by atoms with E-state index in [9.17, 15) is 10.3 Å². The van der Waals surface area contributed by atoms with Gasteiger partial charge in [-0.15, -0.1) is 5.10 Å². The molecule has 10 heteroatoms. The molecule has 30 heavy (non-hydrogen) atoms. The van der Waals surface area contributed by atoms with E-state index in [2.05, 4.69) is 20.3 Å². The van der Waals surface area contributed by atoms with Crippen molar-refractivity contribution in [2.24, 2.45) is 0 Å². The third kappa shape index (κ3) is 3.03. The summed E-state index contributed by atoms with van der Waals surface area (Å²) in [7, 11) is 0. The fourth-order valence-corrected chi connectivity index (χ4v) is 3.98. The molecular formula is C20H19ClN7O2+. The van der Waals surface area contributed by atoms with Gasteiger partial charge in [0, 0.05) is 22.2 Å². The van der Waals surface area contributed by atoms with Gasteiger partial charge in [0.25, 0.3) is 11.4 Å². The van der Waals surface area contributed by atoms with Gasteiger partial charge in [-0.3, -0.25) is 5.21 Å². The van der Waals surface area contributed by atoms with E-state index in [-0.39, 0.29) is 12.5 Å². The third-order valence-electron chi connectivity index (χ3n) is 5.50. The monoisotopic (exact) mass is 424 g/mol. The molecule has 1 aliphatic carbocycles. The highest BCUT2D eigenvalue weighted by Gasteiger charge is 2.44. The summed E-state index contributed by atoms with van der Waals surface area (Å²) >= 11 is 6.25. The van der Waals surface area contributed by atoms with Gasteiger partial charge in [-0.1, -0.05) is 28.9 Å². The van der Waals surface area contributed by atoms with Crippen LogP contribution in [-0.2, 0) is 12.1 Å². The minimum absolute atomic E-state index is 0.0924. The quantitative estimate of drug-likeness (QED) is 0.338. The van der Waals surface area contributed by atoms with Crippen LogP contribution >= 0.6 is 11.6 Å². The second-order valence-corrected chi connectivity index (χ2v) is 7.87. The molecule has 0 amide bonds. The summed E-state index contributed by atoms with van der Waals surface area (Å²) in [6, 6.07) is 10.7. The van der Waals surface area contributed by atoms with Crippen LogP contribution in [0.4, 0.5) is 5.95 Å². The van der Waals surface area contributed by atoms with Crippen molar-refractivity contribution in [2.75, 3.05) is 5.73 Å². The number of hydrogen-bond donors (Lipinski definition) is 3. The smallest absolute Gasteiger partial charge is 0.265 e. The molecule has 0 spiro atoms. The van der Waals surface area contributed by atoms with Crippen LogP contribution in [0.15, 0.2) is 42.6 Å². The lowest BCUT2D eigenvalue weighted by Crippen LogP contribution is -2.50. The molecule has 0 atom stereocenters. The Morgan fingerprint density at radius 3 is 2.73 bits per heavy atom. The highest BCUT2D eigenvalue weighted by molar-refractivity contribution is 6.35. The fourth-order valence-electron chi connectivity index (χ4n) is 3.77. The molecule has 1 aromatic carbocycles. The first kappa shape index (κ1) is 18.7. The molecule has 1 fully saturated rings. The molecule has 1 aliphatic rings. The first-order valence-electron chi connectivity index (χ1n) is 9.53. The molecular weight excluding hydrogens is 406 g/mol. The predicted octanol–water partition coefficient (Wildman–Crippen LogP) is 2.07. The molecule has 5 rings (SSSR count). The largest absolute Gasteiger partial charge is 0.379 e. The highest BCUT2D eigenvalue weighted by Crippen LogP contribution is 2.39. The van der Waals surface area contributed by atoms with E-state index in [4.69, 9.17) is 17.3 Å². The van der Waals surface area contributed by atoms with Gasteiger partial charge in [0.15, 0.2) is 5.60 Å². The van der Waals surface area contributed by atoms with Crippen LogP contribution < -0.4 is 10.5 Å². The van der Waals surface area contributed by atoms with Gasteiger partial charge >= 0.3 is 0 Å². The highest BCUT2D eigenvalue weighted by atomic mass is 35.5. The van der Waals surface area contributed by atoms with Gasteiger partial charge in [-0.05, 0) is 31.4 Å². The van der Waals surface area contributed by atoms with Gasteiger partial charge < -0.3 is 10.8 Å². The predicted molar refractivity (Wildman–Crippen MR) is 109 cm³/mol. The summed E-state index contributed by atoms with van der Waals surface area (Å²) in [4.78, 5) is 8.53. The Morgan fingerprint density at radius 1 is 1.17 bits per heavy atom. The molecule has 3 aromatic heterocycles. The Morgan fingerprint density at radius 2 is 1.97 bits per heavy atom. The molecule has 0 unspecified atom stereocenters. The number of para-hydroxylation sites is 1. The van der Waals surface area contributed by atoms with E-state index in [1.165, 1.54) is 0 Å². The van der Waals surface area contributed by atoms with Crippen molar-refractivity contribution in [3.8, 4) is 11.4 Å². The summed E-state index contributed by atoms with van der Waals surface area (Å²) in [5, 5.41) is 30.8. The van der Waals surface area contributed by atoms with E-state index in [0.29, 0.717) is 46.2 Å². The zero-order valence-electron chi connectivity index (χ0n) is 15.9. The number of rotatable bonds is 4. The van der Waals surface area contributed by atoms with Crippen molar-refractivity contribution in [2.45, 2.75) is 31.4 Å². The number of fused-ring (bicyclic) bond motifs is 1. The van der Waals surface area contributed by atoms with Crippen LogP contribution in [0.5, 0.6) is 0 Å². The van der Waals surface area contributed by atoms with Crippen LogP contribution in [0.2, 0.25) is 5.02 Å². The van der Waals surface area contributed by atoms with E-state index in [1.807, 2.05) is 18.2 Å². The van der Waals surface area contributed by atoms with Crippen molar-refractivity contribution < 1.29 is 15.0 Å². The van der Waals surface area contributed by atoms with Crippen LogP contribution in [0.3, 0.4) is 0 Å². The second kappa shape index (κ2) is 6.89. The lowest BCUT2D eigenvalue weighted by atomic mass is 9.77. The summed E-state index contributed by atoms with van der Waals surface area (Å²) < 4.78 is 2.62. The minimum atomic E-state index is -0.977. The van der Waals surface area contributed by atoms with E-state index in [0.717, 1.165) is 16.5 Å². The first-order valence-corrected chi connectivity index (χ1v) is 9.91. The number of benzene rings is 1. The van der Waals surface area contributed by atoms with E-state index < -0.39 is 5.60 Å². The van der Waals surface area contributed by atoms with Crippen LogP contribution in [0.25, 0.3) is 22.3 Å². The lowest BCUT2D eigenvalue weighted by Gasteiger charge is -2.32. The number of halogens is 1. The molecule has 9 nitrogen and oxygen atoms in total. The average molecular weight is 425 g/mol. The van der Waals surface area contributed by atoms with Crippen LogP contribution in [0, 0.1) is 0 Å². The molecule has 4 aromatic rings. The van der Waals surface area contributed by atoms with Crippen LogP contribution in [-0.4, -0.2) is 35.3 Å². The average Bonchev–Trinajstić information content (AvgIpc) is 3.16. The molecule has 1 saturated carbocycles. The van der Waals surface area contributed by atoms with Gasteiger partial charge in [0.1, 0.15) is 17.9 Å². The molecule has 152 valence electrons. The van der Waals surface area contributed by atoms with Gasteiger partial charge in [0.2, 0.25) is 5.95 Å². The minimum Gasteiger partial charge on any atom is -0.379 e. The van der Waals surface area contributed by atoms with Crippen molar-refractivity contribution in [3.63, 3.8) is 0 Å². The number of aliphatic hydroxyl groups is 1. The Hall–Kier alpha value is -3.30. The van der Waals surface area contributed by atoms with Gasteiger partial charge in [-0.25, -0.2) is 14.6 Å². The number of pyridine rings is 1. The Labute approximate surface area is 176 Å². The molecule has 0 aliphatic heterocycles. The summed E-state index contributed by atoms with van der Waals surface area (Å²) in [6.45, 7) is 0.257. The lowest BCUT2D eigenvalue weighted by molar-refractivity contribution is -0.918. The van der Waals surface area contributed by atoms with Crippen molar-refractivity contribution >= 4 is 28.5 Å². The third-order valence-corrected chi connectivity index (χ3v) is 5.81. The Bertz CT molecular complexity index is 1270. The zero-order valence-corrected chi connectivity index (χ0v) is 16.7. The summed E-state index contributed by atoms with van der Waals surface area (Å²) in [5.74, 6) is 0.0924. The van der Waals surface area contributed by atoms with E-state index >= 15 is 0 Å². The molecule has 0 bridgehead atoms. The fraction of sp³-hybridized carbons (Fsp3) is 0.250. The number of nitrogens with two attached hydrogens (primary N) is 1. The number of hydrogen-bond acceptors (Lipinski definition) is 7.